The van der Waals surface area contributed by atoms with Gasteiger partial charge < -0.3 is 5.73 Å². The second-order valence-corrected chi connectivity index (χ2v) is 3.93. The van der Waals surface area contributed by atoms with E-state index in [1.165, 1.54) is 18.2 Å². The number of halogens is 2. The molecule has 1 aromatic carbocycles. The molecule has 1 nitrogen and oxygen atoms in total. The van der Waals surface area contributed by atoms with Gasteiger partial charge in [-0.15, -0.1) is 0 Å². The molecule has 84 valence electrons. The molecule has 0 fully saturated rings. The fourth-order valence-electron chi connectivity index (χ4n) is 1.75. The first-order valence-corrected chi connectivity index (χ1v) is 5.27. The highest BCUT2D eigenvalue weighted by atomic mass is 19.1. The molecule has 0 aliphatic carbocycles. The fraction of sp³-hybridized carbons (Fsp3) is 0.500. The van der Waals surface area contributed by atoms with Crippen LogP contribution in [0.15, 0.2) is 18.2 Å². The smallest absolute Gasteiger partial charge is 0.130 e. The van der Waals surface area contributed by atoms with Crippen molar-refractivity contribution in [2.45, 2.75) is 32.7 Å². The summed E-state index contributed by atoms with van der Waals surface area (Å²) in [5.41, 5.74) is 5.86. The van der Waals surface area contributed by atoms with Crippen molar-refractivity contribution >= 4 is 0 Å². The third-order valence-corrected chi connectivity index (χ3v) is 2.69. The number of nitrogens with two attached hydrogens (primary N) is 1. The third-order valence-electron chi connectivity index (χ3n) is 2.69. The van der Waals surface area contributed by atoms with Gasteiger partial charge in [0.15, 0.2) is 0 Å². The number of rotatable bonds is 4. The van der Waals surface area contributed by atoms with Gasteiger partial charge in [0.05, 0.1) is 0 Å². The van der Waals surface area contributed by atoms with E-state index in [-0.39, 0.29) is 11.5 Å². The average molecular weight is 213 g/mol. The Morgan fingerprint density at radius 3 is 2.27 bits per heavy atom. The van der Waals surface area contributed by atoms with Crippen molar-refractivity contribution in [1.82, 2.24) is 0 Å². The molecular weight excluding hydrogens is 196 g/mol. The maximum absolute atomic E-state index is 13.4. The Kier molecular flexibility index (Phi) is 4.21. The number of hydrogen-bond acceptors (Lipinski definition) is 1. The SMILES string of the molecule is CCCC(C)C(N)c1c(F)cccc1F. The van der Waals surface area contributed by atoms with E-state index in [0.29, 0.717) is 0 Å². The largest absolute Gasteiger partial charge is 0.324 e. The Morgan fingerprint density at radius 2 is 1.80 bits per heavy atom. The molecule has 0 amide bonds. The zero-order valence-electron chi connectivity index (χ0n) is 9.13. The number of hydrogen-bond donors (Lipinski definition) is 1. The summed E-state index contributed by atoms with van der Waals surface area (Å²) in [7, 11) is 0. The summed E-state index contributed by atoms with van der Waals surface area (Å²) in [6.07, 6.45) is 1.83. The topological polar surface area (TPSA) is 26.0 Å². The highest BCUT2D eigenvalue weighted by Gasteiger charge is 2.21. The van der Waals surface area contributed by atoms with Crippen LogP contribution < -0.4 is 5.73 Å². The van der Waals surface area contributed by atoms with E-state index in [1.54, 1.807) is 0 Å². The van der Waals surface area contributed by atoms with E-state index < -0.39 is 17.7 Å². The molecule has 2 unspecified atom stereocenters. The van der Waals surface area contributed by atoms with E-state index in [4.69, 9.17) is 5.73 Å². The van der Waals surface area contributed by atoms with Crippen LogP contribution in [0.1, 0.15) is 38.3 Å². The van der Waals surface area contributed by atoms with Gasteiger partial charge in [-0.05, 0) is 24.5 Å². The Hall–Kier alpha value is -0.960. The molecule has 0 saturated carbocycles. The van der Waals surface area contributed by atoms with Gasteiger partial charge in [0.2, 0.25) is 0 Å². The summed E-state index contributed by atoms with van der Waals surface area (Å²) in [6.45, 7) is 3.95. The first-order valence-electron chi connectivity index (χ1n) is 5.27. The van der Waals surface area contributed by atoms with Crippen LogP contribution in [-0.2, 0) is 0 Å². The highest BCUT2D eigenvalue weighted by molar-refractivity contribution is 5.23. The second-order valence-electron chi connectivity index (χ2n) is 3.93. The van der Waals surface area contributed by atoms with E-state index in [1.807, 2.05) is 13.8 Å². The molecule has 1 rings (SSSR count). The molecule has 0 spiro atoms. The summed E-state index contributed by atoms with van der Waals surface area (Å²) < 4.78 is 26.8. The molecular formula is C12H17F2N. The highest BCUT2D eigenvalue weighted by Crippen LogP contribution is 2.27. The van der Waals surface area contributed by atoms with Crippen LogP contribution in [0.2, 0.25) is 0 Å². The monoisotopic (exact) mass is 213 g/mol. The minimum absolute atomic E-state index is 0.0125. The van der Waals surface area contributed by atoms with Crippen molar-refractivity contribution in [3.63, 3.8) is 0 Å². The Morgan fingerprint density at radius 1 is 1.27 bits per heavy atom. The molecule has 2 atom stereocenters. The lowest BCUT2D eigenvalue weighted by atomic mass is 9.91. The zero-order chi connectivity index (χ0) is 11.4. The predicted molar refractivity (Wildman–Crippen MR) is 57.4 cm³/mol. The minimum atomic E-state index is -0.564. The molecule has 0 aliphatic heterocycles. The van der Waals surface area contributed by atoms with Crippen molar-refractivity contribution < 1.29 is 8.78 Å². The summed E-state index contributed by atoms with van der Waals surface area (Å²) in [6, 6.07) is 3.28. The van der Waals surface area contributed by atoms with Gasteiger partial charge in [-0.25, -0.2) is 8.78 Å². The van der Waals surface area contributed by atoms with Gasteiger partial charge in [0.1, 0.15) is 11.6 Å². The van der Waals surface area contributed by atoms with Gasteiger partial charge in [-0.2, -0.15) is 0 Å². The standard InChI is InChI=1S/C12H17F2N/c1-3-5-8(2)12(15)11-9(13)6-4-7-10(11)14/h4,6-8,12H,3,5,15H2,1-2H3. The molecule has 0 aromatic heterocycles. The van der Waals surface area contributed by atoms with Crippen molar-refractivity contribution in [2.75, 3.05) is 0 Å². The Bertz CT molecular complexity index is 305. The van der Waals surface area contributed by atoms with Crippen molar-refractivity contribution in [1.29, 1.82) is 0 Å². The fourth-order valence-corrected chi connectivity index (χ4v) is 1.75. The van der Waals surface area contributed by atoms with Crippen LogP contribution in [0.3, 0.4) is 0 Å². The lowest BCUT2D eigenvalue weighted by molar-refractivity contribution is 0.403. The molecule has 1 aromatic rings. The van der Waals surface area contributed by atoms with Crippen LogP contribution in [0, 0.1) is 17.6 Å². The summed E-state index contributed by atoms with van der Waals surface area (Å²) in [5, 5.41) is 0. The maximum Gasteiger partial charge on any atom is 0.130 e. The van der Waals surface area contributed by atoms with E-state index in [0.717, 1.165) is 12.8 Å². The molecule has 15 heavy (non-hydrogen) atoms. The van der Waals surface area contributed by atoms with Crippen LogP contribution in [0.4, 0.5) is 8.78 Å². The second kappa shape index (κ2) is 5.21. The minimum Gasteiger partial charge on any atom is -0.324 e. The molecule has 0 aliphatic rings. The maximum atomic E-state index is 13.4. The zero-order valence-corrected chi connectivity index (χ0v) is 9.13. The lowest BCUT2D eigenvalue weighted by Gasteiger charge is -2.20. The van der Waals surface area contributed by atoms with Crippen molar-refractivity contribution in [3.8, 4) is 0 Å². The van der Waals surface area contributed by atoms with Gasteiger partial charge in [0, 0.05) is 11.6 Å². The van der Waals surface area contributed by atoms with Gasteiger partial charge in [-0.3, -0.25) is 0 Å². The van der Waals surface area contributed by atoms with E-state index >= 15 is 0 Å². The van der Waals surface area contributed by atoms with Gasteiger partial charge in [-0.1, -0.05) is 26.3 Å². The average Bonchev–Trinajstić information content (AvgIpc) is 2.17. The number of benzene rings is 1. The molecule has 2 N–H and O–H groups in total. The van der Waals surface area contributed by atoms with Crippen LogP contribution >= 0.6 is 0 Å². The predicted octanol–water partition coefficient (Wildman–Crippen LogP) is 3.40. The van der Waals surface area contributed by atoms with E-state index in [9.17, 15) is 8.78 Å². The molecule has 3 heteroatoms. The first-order chi connectivity index (χ1) is 7.07. The third kappa shape index (κ3) is 2.75. The van der Waals surface area contributed by atoms with Crippen molar-refractivity contribution in [2.24, 2.45) is 11.7 Å². The quantitative estimate of drug-likeness (QED) is 0.815. The first kappa shape index (κ1) is 12.1. The van der Waals surface area contributed by atoms with Gasteiger partial charge >= 0.3 is 0 Å². The summed E-state index contributed by atoms with van der Waals surface area (Å²) in [4.78, 5) is 0. The molecule has 0 bridgehead atoms. The van der Waals surface area contributed by atoms with Crippen LogP contribution in [0.5, 0.6) is 0 Å². The van der Waals surface area contributed by atoms with Crippen LogP contribution in [0.25, 0.3) is 0 Å². The Labute approximate surface area is 89.3 Å². The van der Waals surface area contributed by atoms with Crippen molar-refractivity contribution in [3.05, 3.63) is 35.4 Å². The normalized spacial score (nSPS) is 15.0. The van der Waals surface area contributed by atoms with Gasteiger partial charge in [0.25, 0.3) is 0 Å². The lowest BCUT2D eigenvalue weighted by Crippen LogP contribution is -2.21. The molecule has 0 heterocycles. The van der Waals surface area contributed by atoms with Crippen LogP contribution in [-0.4, -0.2) is 0 Å². The summed E-state index contributed by atoms with van der Waals surface area (Å²) >= 11 is 0. The molecule has 0 radical (unpaired) electrons. The Balaban J connectivity index is 2.94. The molecule has 0 saturated heterocycles. The van der Waals surface area contributed by atoms with E-state index in [2.05, 4.69) is 0 Å². The summed E-state index contributed by atoms with van der Waals surface area (Å²) in [5.74, 6) is -1.02.